The summed E-state index contributed by atoms with van der Waals surface area (Å²) >= 11 is 3.49. The number of pyridine rings is 1. The van der Waals surface area contributed by atoms with Crippen molar-refractivity contribution in [2.45, 2.75) is 152 Å². The van der Waals surface area contributed by atoms with Crippen molar-refractivity contribution >= 4 is 22.7 Å². The van der Waals surface area contributed by atoms with Gasteiger partial charge in [-0.2, -0.15) is 0 Å². The third kappa shape index (κ3) is 28.5. The number of nitrogens with one attached hydrogen (secondary N) is 3. The quantitative estimate of drug-likeness (QED) is 0.114. The van der Waals surface area contributed by atoms with Crippen molar-refractivity contribution in [2.75, 3.05) is 0 Å². The van der Waals surface area contributed by atoms with Gasteiger partial charge in [-0.05, 0) is 71.9 Å². The van der Waals surface area contributed by atoms with Gasteiger partial charge >= 0.3 is 0 Å². The summed E-state index contributed by atoms with van der Waals surface area (Å²) in [5.74, 6) is 1.85. The van der Waals surface area contributed by atoms with Crippen molar-refractivity contribution in [3.8, 4) is 0 Å². The third-order valence-electron chi connectivity index (χ3n) is 8.68. The van der Waals surface area contributed by atoms with E-state index in [1.165, 1.54) is 32.8 Å². The van der Waals surface area contributed by atoms with Gasteiger partial charge in [0.1, 0.15) is 5.01 Å². The minimum Gasteiger partial charge on any atom is -0.310 e. The molecule has 0 saturated carbocycles. The molecule has 0 unspecified atom stereocenters. The number of rotatable bonds is 12. The normalized spacial score (nSPS) is 10.5. The molecular weight excluding hydrogens is 771 g/mol. The molecule has 0 aliphatic rings. The molecule has 0 atom stereocenters. The SMILES string of the molecule is CC(C)NCc1ccccc1.CC(C)NCc1cccs1.CC(C)NCc1nccs1.CC(C)c1ccccc1.Cc1ccc(C(C)C)cc1.Cc1cccc(C(C)C)n1. The topological polar surface area (TPSA) is 61.9 Å². The molecule has 0 spiro atoms. The Labute approximate surface area is 375 Å². The van der Waals surface area contributed by atoms with Crippen molar-refractivity contribution in [3.63, 3.8) is 0 Å². The predicted molar refractivity (Wildman–Crippen MR) is 268 cm³/mol. The van der Waals surface area contributed by atoms with Crippen LogP contribution in [0.15, 0.2) is 132 Å². The molecule has 7 heteroatoms. The fourth-order valence-corrected chi connectivity index (χ4v) is 6.17. The largest absolute Gasteiger partial charge is 0.310 e. The summed E-state index contributed by atoms with van der Waals surface area (Å²) in [7, 11) is 0. The fraction of sp³-hybridized carbons (Fsp3) is 0.434. The molecule has 3 aromatic heterocycles. The number of thiazole rings is 1. The molecular formula is C53H79N5S2. The highest BCUT2D eigenvalue weighted by atomic mass is 32.1. The lowest BCUT2D eigenvalue weighted by atomic mass is 10.0. The molecule has 0 aliphatic heterocycles. The van der Waals surface area contributed by atoms with Crippen LogP contribution >= 0.6 is 22.7 Å². The monoisotopic (exact) mass is 850 g/mol. The van der Waals surface area contributed by atoms with Crippen molar-refractivity contribution in [1.82, 2.24) is 25.9 Å². The summed E-state index contributed by atoms with van der Waals surface area (Å²) in [4.78, 5) is 9.93. The van der Waals surface area contributed by atoms with E-state index in [1.807, 2.05) is 36.7 Å². The van der Waals surface area contributed by atoms with Crippen molar-refractivity contribution < 1.29 is 0 Å². The van der Waals surface area contributed by atoms with Gasteiger partial charge in [-0.25, -0.2) is 4.98 Å². The molecule has 0 saturated heterocycles. The predicted octanol–water partition coefficient (Wildman–Crippen LogP) is 14.5. The van der Waals surface area contributed by atoms with E-state index in [0.717, 1.165) is 30.3 Å². The molecule has 60 heavy (non-hydrogen) atoms. The third-order valence-corrected chi connectivity index (χ3v) is 10.3. The van der Waals surface area contributed by atoms with Crippen LogP contribution in [0, 0.1) is 13.8 Å². The van der Waals surface area contributed by atoms with Crippen LogP contribution in [0.5, 0.6) is 0 Å². The lowest BCUT2D eigenvalue weighted by Gasteiger charge is -2.06. The number of hydrogen-bond donors (Lipinski definition) is 3. The van der Waals surface area contributed by atoms with Gasteiger partial charge in [0, 0.05) is 65.6 Å². The Morgan fingerprint density at radius 2 is 1.00 bits per heavy atom. The summed E-state index contributed by atoms with van der Waals surface area (Å²) < 4.78 is 0. The molecule has 0 bridgehead atoms. The molecule has 0 amide bonds. The van der Waals surface area contributed by atoms with E-state index in [9.17, 15) is 0 Å². The number of aromatic nitrogens is 2. The van der Waals surface area contributed by atoms with Crippen LogP contribution in [-0.2, 0) is 19.6 Å². The highest BCUT2D eigenvalue weighted by molar-refractivity contribution is 7.10. The molecule has 0 radical (unpaired) electrons. The minimum absolute atomic E-state index is 0.542. The van der Waals surface area contributed by atoms with Gasteiger partial charge in [0.2, 0.25) is 0 Å². The highest BCUT2D eigenvalue weighted by Gasteiger charge is 1.99. The Morgan fingerprint density at radius 3 is 1.43 bits per heavy atom. The minimum atomic E-state index is 0.542. The second-order valence-corrected chi connectivity index (χ2v) is 18.6. The van der Waals surface area contributed by atoms with Crippen LogP contribution in [-0.4, -0.2) is 28.1 Å². The molecule has 0 aliphatic carbocycles. The van der Waals surface area contributed by atoms with E-state index in [1.54, 1.807) is 22.7 Å². The van der Waals surface area contributed by atoms with Crippen LogP contribution in [0.4, 0.5) is 0 Å². The molecule has 328 valence electrons. The average Bonchev–Trinajstić information content (AvgIpc) is 3.96. The van der Waals surface area contributed by atoms with Crippen LogP contribution in [0.2, 0.25) is 0 Å². The zero-order valence-electron chi connectivity index (χ0n) is 39.5. The van der Waals surface area contributed by atoms with Gasteiger partial charge in [0.15, 0.2) is 0 Å². The van der Waals surface area contributed by atoms with Gasteiger partial charge in [-0.15, -0.1) is 22.7 Å². The van der Waals surface area contributed by atoms with Gasteiger partial charge in [-0.3, -0.25) is 4.98 Å². The summed E-state index contributed by atoms with van der Waals surface area (Å²) in [5.41, 5.74) is 7.81. The Balaban J connectivity index is 0.000000360. The lowest BCUT2D eigenvalue weighted by molar-refractivity contribution is 0.587. The van der Waals surface area contributed by atoms with E-state index in [4.69, 9.17) is 0 Å². The summed E-state index contributed by atoms with van der Waals surface area (Å²) in [6, 6.07) is 41.7. The van der Waals surface area contributed by atoms with Crippen molar-refractivity contribution in [3.05, 3.63) is 176 Å². The van der Waals surface area contributed by atoms with Crippen LogP contribution in [0.1, 0.15) is 144 Å². The number of aryl methyl sites for hydroxylation is 2. The summed E-state index contributed by atoms with van der Waals surface area (Å²) in [6.45, 7) is 33.1. The fourth-order valence-electron chi connectivity index (χ4n) is 4.94. The lowest BCUT2D eigenvalue weighted by Crippen LogP contribution is -2.21. The second-order valence-electron chi connectivity index (χ2n) is 16.6. The zero-order valence-corrected chi connectivity index (χ0v) is 41.1. The zero-order chi connectivity index (χ0) is 44.7. The standard InChI is InChI=1S/C10H15N.C10H14.C9H13N.C9H12.C8H13NS.C7H12N2S/c1-9(2)11-8-10-6-4-3-5-7-10;1-8(2)10-6-4-9(3)5-7-10;1-7(2)9-6-4-5-8(3)10-9;1-8(2)9-6-4-3-5-7-9;1-7(2)9-6-8-4-3-5-10-8;1-6(2)9-5-7-8-3-4-10-7/h3-7,9,11H,8H2,1-2H3;4-8H,1-3H3;4-7H,1-3H3;3-8H,1-2H3;3-5,7,9H,6H2,1-2H3;3-4,6,9H,5H2,1-2H3. The second kappa shape index (κ2) is 32.7. The maximum Gasteiger partial charge on any atom is 0.106 e. The molecule has 6 aromatic rings. The number of thiophene rings is 1. The molecule has 3 aromatic carbocycles. The Kier molecular flexibility index (Phi) is 29.5. The van der Waals surface area contributed by atoms with Crippen molar-refractivity contribution in [1.29, 1.82) is 0 Å². The molecule has 6 rings (SSSR count). The van der Waals surface area contributed by atoms with E-state index >= 15 is 0 Å². The van der Waals surface area contributed by atoms with E-state index in [0.29, 0.717) is 35.9 Å². The van der Waals surface area contributed by atoms with Crippen LogP contribution in [0.25, 0.3) is 0 Å². The molecule has 3 N–H and O–H groups in total. The maximum atomic E-state index is 4.37. The van der Waals surface area contributed by atoms with E-state index in [2.05, 4.69) is 218 Å². The summed E-state index contributed by atoms with van der Waals surface area (Å²) in [6.07, 6.45) is 1.84. The van der Waals surface area contributed by atoms with E-state index < -0.39 is 0 Å². The number of nitrogens with zero attached hydrogens (tertiary/aromatic N) is 2. The first kappa shape index (κ1) is 54.0. The Morgan fingerprint density at radius 1 is 0.467 bits per heavy atom. The van der Waals surface area contributed by atoms with Crippen molar-refractivity contribution in [2.24, 2.45) is 0 Å². The number of hydrogen-bond acceptors (Lipinski definition) is 7. The smallest absolute Gasteiger partial charge is 0.106 e. The van der Waals surface area contributed by atoms with E-state index in [-0.39, 0.29) is 0 Å². The highest BCUT2D eigenvalue weighted by Crippen LogP contribution is 2.14. The summed E-state index contributed by atoms with van der Waals surface area (Å²) in [5, 5.41) is 15.3. The first-order valence-electron chi connectivity index (χ1n) is 21.8. The Hall–Kier alpha value is -3.98. The first-order chi connectivity index (χ1) is 28.6. The number of benzene rings is 3. The van der Waals surface area contributed by atoms with Gasteiger partial charge in [-0.1, -0.05) is 186 Å². The molecule has 3 heterocycles. The van der Waals surface area contributed by atoms with Gasteiger partial charge in [0.05, 0.1) is 0 Å². The molecule has 0 fully saturated rings. The first-order valence-corrected chi connectivity index (χ1v) is 23.5. The van der Waals surface area contributed by atoms with Crippen LogP contribution in [0.3, 0.4) is 0 Å². The average molecular weight is 850 g/mol. The van der Waals surface area contributed by atoms with Crippen LogP contribution < -0.4 is 16.0 Å². The van der Waals surface area contributed by atoms with Gasteiger partial charge in [0.25, 0.3) is 0 Å². The molecule has 5 nitrogen and oxygen atoms in total. The Bertz CT molecular complexity index is 1770. The van der Waals surface area contributed by atoms with Gasteiger partial charge < -0.3 is 16.0 Å². The maximum absolute atomic E-state index is 4.37.